The first-order valence-electron chi connectivity index (χ1n) is 8.30. The van der Waals surface area contributed by atoms with E-state index in [1.807, 2.05) is 25.4 Å². The summed E-state index contributed by atoms with van der Waals surface area (Å²) in [7, 11) is 4.93. The maximum Gasteiger partial charge on any atom is 0.319 e. The fourth-order valence-corrected chi connectivity index (χ4v) is 2.59. The number of hydrogen-bond acceptors (Lipinski definition) is 5. The van der Waals surface area contributed by atoms with Gasteiger partial charge in [0.25, 0.3) is 0 Å². The molecule has 0 unspecified atom stereocenters. The Hall–Kier alpha value is -3.55. The molecule has 0 saturated heterocycles. The van der Waals surface area contributed by atoms with Crippen molar-refractivity contribution < 1.29 is 14.3 Å². The van der Waals surface area contributed by atoms with Crippen LogP contribution >= 0.6 is 0 Å². The van der Waals surface area contributed by atoms with Gasteiger partial charge in [0.2, 0.25) is 0 Å². The number of nitrogens with one attached hydrogen (secondary N) is 2. The van der Waals surface area contributed by atoms with Gasteiger partial charge in [-0.2, -0.15) is 5.10 Å². The average Bonchev–Trinajstić information content (AvgIpc) is 3.13. The van der Waals surface area contributed by atoms with Crippen LogP contribution in [0.15, 0.2) is 48.9 Å². The van der Waals surface area contributed by atoms with Crippen LogP contribution in [0.3, 0.4) is 0 Å². The standard InChI is InChI=1S/C19H21N5O3/c1-24-12-14(11-22-24)15-8-7-13(9-20-15)10-21-19(25)23-16-5-4-6-17(26-2)18(16)27-3/h4-9,11-12H,10H2,1-3H3,(H2,21,23,25). The summed E-state index contributed by atoms with van der Waals surface area (Å²) in [6.07, 6.45) is 5.39. The molecule has 0 aliphatic rings. The topological polar surface area (TPSA) is 90.3 Å². The second kappa shape index (κ2) is 8.22. The first kappa shape index (κ1) is 18.2. The lowest BCUT2D eigenvalue weighted by Gasteiger charge is -2.14. The predicted octanol–water partition coefficient (Wildman–Crippen LogP) is 2.82. The van der Waals surface area contributed by atoms with Crippen molar-refractivity contribution >= 4 is 11.7 Å². The van der Waals surface area contributed by atoms with Gasteiger partial charge in [-0.1, -0.05) is 12.1 Å². The van der Waals surface area contributed by atoms with E-state index in [0.29, 0.717) is 23.7 Å². The lowest BCUT2D eigenvalue weighted by atomic mass is 10.2. The number of methoxy groups -OCH3 is 2. The summed E-state index contributed by atoms with van der Waals surface area (Å²) in [4.78, 5) is 16.6. The summed E-state index contributed by atoms with van der Waals surface area (Å²) >= 11 is 0. The van der Waals surface area contributed by atoms with Crippen LogP contribution in [0.5, 0.6) is 11.5 Å². The molecule has 0 spiro atoms. The average molecular weight is 367 g/mol. The molecule has 0 aliphatic heterocycles. The number of carbonyl (C=O) groups is 1. The van der Waals surface area contributed by atoms with Crippen LogP contribution in [0.4, 0.5) is 10.5 Å². The van der Waals surface area contributed by atoms with Crippen LogP contribution in [0.2, 0.25) is 0 Å². The van der Waals surface area contributed by atoms with E-state index in [1.54, 1.807) is 42.4 Å². The quantitative estimate of drug-likeness (QED) is 0.699. The number of para-hydroxylation sites is 1. The molecule has 0 aliphatic carbocycles. The van der Waals surface area contributed by atoms with Crippen molar-refractivity contribution in [2.45, 2.75) is 6.54 Å². The molecule has 0 fully saturated rings. The van der Waals surface area contributed by atoms with Crippen molar-refractivity contribution in [1.82, 2.24) is 20.1 Å². The number of urea groups is 1. The molecule has 1 aromatic carbocycles. The minimum atomic E-state index is -0.349. The number of pyridine rings is 1. The zero-order valence-corrected chi connectivity index (χ0v) is 15.4. The van der Waals surface area contributed by atoms with E-state index in [-0.39, 0.29) is 6.03 Å². The maximum atomic E-state index is 12.2. The Balaban J connectivity index is 1.59. The molecule has 3 aromatic rings. The molecule has 2 aromatic heterocycles. The van der Waals surface area contributed by atoms with E-state index in [4.69, 9.17) is 9.47 Å². The van der Waals surface area contributed by atoms with Gasteiger partial charge in [0.1, 0.15) is 0 Å². The molecular weight excluding hydrogens is 346 g/mol. The Labute approximate surface area is 157 Å². The van der Waals surface area contributed by atoms with Gasteiger partial charge in [-0.15, -0.1) is 0 Å². The third-order valence-electron chi connectivity index (χ3n) is 3.93. The molecule has 0 radical (unpaired) electrons. The highest BCUT2D eigenvalue weighted by molar-refractivity contribution is 5.91. The minimum Gasteiger partial charge on any atom is -0.493 e. The van der Waals surface area contributed by atoms with Gasteiger partial charge in [0, 0.05) is 31.5 Å². The number of aryl methyl sites for hydroxylation is 1. The number of carbonyl (C=O) groups excluding carboxylic acids is 1. The van der Waals surface area contributed by atoms with Crippen LogP contribution in [-0.4, -0.2) is 35.0 Å². The smallest absolute Gasteiger partial charge is 0.319 e. The largest absolute Gasteiger partial charge is 0.493 e. The van der Waals surface area contributed by atoms with Crippen molar-refractivity contribution in [3.8, 4) is 22.8 Å². The number of hydrogen-bond donors (Lipinski definition) is 2. The van der Waals surface area contributed by atoms with Crippen molar-refractivity contribution in [3.63, 3.8) is 0 Å². The molecule has 8 nitrogen and oxygen atoms in total. The van der Waals surface area contributed by atoms with Gasteiger partial charge in [-0.25, -0.2) is 4.79 Å². The van der Waals surface area contributed by atoms with Crippen LogP contribution in [0.25, 0.3) is 11.3 Å². The molecule has 140 valence electrons. The van der Waals surface area contributed by atoms with Crippen molar-refractivity contribution in [3.05, 3.63) is 54.5 Å². The van der Waals surface area contributed by atoms with Crippen LogP contribution in [0.1, 0.15) is 5.56 Å². The number of benzene rings is 1. The number of ether oxygens (including phenoxy) is 2. The summed E-state index contributed by atoms with van der Waals surface area (Å²) in [6, 6.07) is 8.75. The summed E-state index contributed by atoms with van der Waals surface area (Å²) < 4.78 is 12.3. The molecule has 0 bridgehead atoms. The molecule has 3 rings (SSSR count). The Bertz CT molecular complexity index is 921. The first-order valence-corrected chi connectivity index (χ1v) is 8.30. The zero-order valence-electron chi connectivity index (χ0n) is 15.4. The van der Waals surface area contributed by atoms with Gasteiger partial charge >= 0.3 is 6.03 Å². The molecular formula is C19H21N5O3. The number of nitrogens with zero attached hydrogens (tertiary/aromatic N) is 3. The van der Waals surface area contributed by atoms with Crippen LogP contribution in [0, 0.1) is 0 Å². The number of amides is 2. The zero-order chi connectivity index (χ0) is 19.2. The highest BCUT2D eigenvalue weighted by atomic mass is 16.5. The molecule has 27 heavy (non-hydrogen) atoms. The van der Waals surface area contributed by atoms with Gasteiger partial charge in [0.15, 0.2) is 11.5 Å². The summed E-state index contributed by atoms with van der Waals surface area (Å²) in [5, 5.41) is 9.69. The Morgan fingerprint density at radius 2 is 2.00 bits per heavy atom. The second-order valence-electron chi connectivity index (χ2n) is 5.80. The normalized spacial score (nSPS) is 10.3. The number of anilines is 1. The second-order valence-corrected chi connectivity index (χ2v) is 5.80. The maximum absolute atomic E-state index is 12.2. The van der Waals surface area contributed by atoms with Crippen LogP contribution in [-0.2, 0) is 13.6 Å². The number of aromatic nitrogens is 3. The highest BCUT2D eigenvalue weighted by Crippen LogP contribution is 2.34. The van der Waals surface area contributed by atoms with Gasteiger partial charge in [0.05, 0.1) is 31.8 Å². The predicted molar refractivity (Wildman–Crippen MR) is 102 cm³/mol. The minimum absolute atomic E-state index is 0.346. The van der Waals surface area contributed by atoms with E-state index in [0.717, 1.165) is 16.8 Å². The summed E-state index contributed by atoms with van der Waals surface area (Å²) in [5.41, 5.74) is 3.19. The van der Waals surface area contributed by atoms with E-state index < -0.39 is 0 Å². The Morgan fingerprint density at radius 1 is 1.15 bits per heavy atom. The fraction of sp³-hybridized carbons (Fsp3) is 0.211. The SMILES string of the molecule is COc1cccc(NC(=O)NCc2ccc(-c3cnn(C)c3)nc2)c1OC. The fourth-order valence-electron chi connectivity index (χ4n) is 2.59. The number of rotatable bonds is 6. The van der Waals surface area contributed by atoms with E-state index in [1.165, 1.54) is 7.11 Å². The van der Waals surface area contributed by atoms with Gasteiger partial charge in [-0.05, 0) is 23.8 Å². The Kier molecular flexibility index (Phi) is 5.55. The van der Waals surface area contributed by atoms with Gasteiger partial charge in [-0.3, -0.25) is 9.67 Å². The summed E-state index contributed by atoms with van der Waals surface area (Å²) in [5.74, 6) is 1.02. The monoisotopic (exact) mass is 367 g/mol. The van der Waals surface area contributed by atoms with Crippen LogP contribution < -0.4 is 20.1 Å². The first-order chi connectivity index (χ1) is 13.1. The third-order valence-corrected chi connectivity index (χ3v) is 3.93. The van der Waals surface area contributed by atoms with Gasteiger partial charge < -0.3 is 20.1 Å². The van der Waals surface area contributed by atoms with Crippen molar-refractivity contribution in [2.24, 2.45) is 7.05 Å². The summed E-state index contributed by atoms with van der Waals surface area (Å²) in [6.45, 7) is 0.346. The van der Waals surface area contributed by atoms with Crippen molar-refractivity contribution in [1.29, 1.82) is 0 Å². The molecule has 0 atom stereocenters. The Morgan fingerprint density at radius 3 is 2.63 bits per heavy atom. The molecule has 2 amide bonds. The van der Waals surface area contributed by atoms with E-state index in [2.05, 4.69) is 20.7 Å². The highest BCUT2D eigenvalue weighted by Gasteiger charge is 2.12. The molecule has 8 heteroatoms. The van der Waals surface area contributed by atoms with E-state index >= 15 is 0 Å². The molecule has 2 N–H and O–H groups in total. The van der Waals surface area contributed by atoms with Crippen molar-refractivity contribution in [2.75, 3.05) is 19.5 Å². The lowest BCUT2D eigenvalue weighted by Crippen LogP contribution is -2.28. The lowest BCUT2D eigenvalue weighted by molar-refractivity contribution is 0.251. The molecule has 0 saturated carbocycles. The molecule has 2 heterocycles. The van der Waals surface area contributed by atoms with E-state index in [9.17, 15) is 4.79 Å². The third kappa shape index (κ3) is 4.35.